The Bertz CT molecular complexity index is 1140. The van der Waals surface area contributed by atoms with Gasteiger partial charge in [-0.15, -0.1) is 0 Å². The smallest absolute Gasteiger partial charge is 0.332 e. The number of anilines is 1. The Morgan fingerprint density at radius 2 is 1.74 bits per heavy atom. The number of nitrogens with zero attached hydrogens (tertiary/aromatic N) is 3. The molecule has 0 aliphatic carbocycles. The molecule has 0 atom stereocenters. The van der Waals surface area contributed by atoms with Gasteiger partial charge >= 0.3 is 5.69 Å². The highest BCUT2D eigenvalue weighted by atomic mass is 79.9. The maximum atomic E-state index is 11.6. The molecule has 0 unspecified atom stereocenters. The second-order valence-corrected chi connectivity index (χ2v) is 8.06. The van der Waals surface area contributed by atoms with Crippen LogP contribution in [0.4, 0.5) is 5.69 Å². The Hall–Kier alpha value is -2.96. The summed E-state index contributed by atoms with van der Waals surface area (Å²) in [5, 5.41) is 19.7. The number of phenolic OH excluding ortho intramolecular Hbond substituents is 1. The van der Waals surface area contributed by atoms with Crippen LogP contribution >= 0.6 is 15.9 Å². The number of rotatable bonds is 2. The third-order valence-electron chi connectivity index (χ3n) is 3.66. The average Bonchev–Trinajstić information content (AvgIpc) is 3.08. The van der Waals surface area contributed by atoms with E-state index in [0.717, 1.165) is 4.57 Å². The molecule has 3 aromatic rings. The number of benzene rings is 1. The molecule has 170 valence electrons. The van der Waals surface area contributed by atoms with Gasteiger partial charge in [-0.25, -0.2) is 9.78 Å². The van der Waals surface area contributed by atoms with E-state index in [0.29, 0.717) is 21.6 Å². The van der Waals surface area contributed by atoms with Crippen molar-refractivity contribution in [3.63, 3.8) is 0 Å². The van der Waals surface area contributed by atoms with Crippen molar-refractivity contribution < 1.29 is 15.0 Å². The molecular weight excluding hydrogens is 472 g/mol. The van der Waals surface area contributed by atoms with Crippen LogP contribution in [0.25, 0.3) is 11.2 Å². The zero-order valence-electron chi connectivity index (χ0n) is 17.9. The molecule has 11 nitrogen and oxygen atoms in total. The second-order valence-electron chi connectivity index (χ2n) is 7.31. The molecule has 2 heterocycles. The molecule has 6 N–H and O–H groups in total. The summed E-state index contributed by atoms with van der Waals surface area (Å²) < 4.78 is 2.79. The number of H-pyrrole nitrogens is 1. The van der Waals surface area contributed by atoms with Crippen LogP contribution in [0.1, 0.15) is 20.8 Å². The minimum atomic E-state index is -0.403. The minimum Gasteiger partial charge on any atom is -0.508 e. The Balaban J connectivity index is 0.000000253. The number of imidazole rings is 1. The molecule has 0 spiro atoms. The number of aliphatic hydroxyl groups is 1. The summed E-state index contributed by atoms with van der Waals surface area (Å²) in [5.74, 6) is 0.0785. The van der Waals surface area contributed by atoms with E-state index < -0.39 is 5.54 Å². The van der Waals surface area contributed by atoms with Gasteiger partial charge in [0, 0.05) is 32.2 Å². The zero-order valence-corrected chi connectivity index (χ0v) is 19.5. The first-order valence-corrected chi connectivity index (χ1v) is 9.83. The number of carbonyl (C=O) groups excluding carboxylic acids is 1. The lowest BCUT2D eigenvalue weighted by atomic mass is 10.1. The molecule has 12 heteroatoms. The lowest BCUT2D eigenvalue weighted by Crippen LogP contribution is -2.36. The van der Waals surface area contributed by atoms with Crippen molar-refractivity contribution in [2.24, 2.45) is 19.8 Å². The molecule has 0 bridgehead atoms. The fraction of sp³-hybridized carbons (Fsp3) is 0.368. The number of halogens is 1. The molecule has 0 fully saturated rings. The average molecular weight is 499 g/mol. The van der Waals surface area contributed by atoms with Crippen LogP contribution in [-0.2, 0) is 18.9 Å². The van der Waals surface area contributed by atoms with Gasteiger partial charge in [0.2, 0.25) is 5.91 Å². The van der Waals surface area contributed by atoms with Gasteiger partial charge in [0.15, 0.2) is 15.9 Å². The number of aliphatic hydroxyl groups excluding tert-OH is 1. The standard InChI is InChI=1S/C8H9NO2.C7H7BrN4O2.C4H11NO/c1-6(10)9-7-2-4-8(11)5-3-7;1-11-4-3(9-6(8)10-4)5(13)12(2)7(11)14;1-4(2,5)3-6/h2-5,11H,1H3,(H,9,10);1-2H3,(H,9,10);6H,3,5H2,1-2H3. The normalized spacial score (nSPS) is 10.6. The van der Waals surface area contributed by atoms with E-state index in [1.54, 1.807) is 33.0 Å². The Kier molecular flexibility index (Phi) is 9.16. The SMILES string of the molecule is CC(=O)Nc1ccc(O)cc1.CC(C)(N)CO.Cn1c(=O)c2[nH]c(Br)nc2n(C)c1=O. The Labute approximate surface area is 186 Å². The highest BCUT2D eigenvalue weighted by molar-refractivity contribution is 9.10. The number of aromatic nitrogens is 4. The minimum absolute atomic E-state index is 0.0486. The summed E-state index contributed by atoms with van der Waals surface area (Å²) in [4.78, 5) is 40.3. The summed E-state index contributed by atoms with van der Waals surface area (Å²) in [6.07, 6.45) is 0. The van der Waals surface area contributed by atoms with Crippen LogP contribution in [0.3, 0.4) is 0 Å². The molecule has 1 amide bonds. The van der Waals surface area contributed by atoms with Crippen molar-refractivity contribution in [3.8, 4) is 5.75 Å². The fourth-order valence-electron chi connectivity index (χ4n) is 2.05. The number of carbonyl (C=O) groups is 1. The summed E-state index contributed by atoms with van der Waals surface area (Å²) in [6, 6.07) is 6.31. The van der Waals surface area contributed by atoms with Crippen LogP contribution in [0.15, 0.2) is 38.6 Å². The molecule has 0 radical (unpaired) electrons. The van der Waals surface area contributed by atoms with Crippen molar-refractivity contribution in [1.29, 1.82) is 0 Å². The van der Waals surface area contributed by atoms with E-state index in [2.05, 4.69) is 31.2 Å². The van der Waals surface area contributed by atoms with Gasteiger partial charge in [-0.1, -0.05) is 0 Å². The maximum absolute atomic E-state index is 11.6. The quantitative estimate of drug-likeness (QED) is 0.257. The van der Waals surface area contributed by atoms with Gasteiger partial charge in [-0.05, 0) is 54.0 Å². The largest absolute Gasteiger partial charge is 0.508 e. The first-order chi connectivity index (χ1) is 14.3. The predicted molar refractivity (Wildman–Crippen MR) is 122 cm³/mol. The van der Waals surface area contributed by atoms with Gasteiger partial charge in [-0.2, -0.15) is 0 Å². The first-order valence-electron chi connectivity index (χ1n) is 9.04. The Morgan fingerprint density at radius 3 is 2.19 bits per heavy atom. The zero-order chi connectivity index (χ0) is 23.9. The predicted octanol–water partition coefficient (Wildman–Crippen LogP) is 0.789. The molecule has 3 rings (SSSR count). The van der Waals surface area contributed by atoms with E-state index in [1.807, 2.05) is 0 Å². The molecule has 0 saturated heterocycles. The number of aryl methyl sites for hydroxylation is 1. The summed E-state index contributed by atoms with van der Waals surface area (Å²) in [7, 11) is 3.00. The lowest BCUT2D eigenvalue weighted by molar-refractivity contribution is -0.114. The lowest BCUT2D eigenvalue weighted by Gasteiger charge is -2.12. The summed E-state index contributed by atoms with van der Waals surface area (Å²) >= 11 is 3.11. The van der Waals surface area contributed by atoms with E-state index in [-0.39, 0.29) is 29.5 Å². The van der Waals surface area contributed by atoms with Gasteiger partial charge in [0.05, 0.1) is 6.61 Å². The fourth-order valence-corrected chi connectivity index (χ4v) is 2.41. The third-order valence-corrected chi connectivity index (χ3v) is 4.04. The van der Waals surface area contributed by atoms with Crippen LogP contribution in [0, 0.1) is 0 Å². The number of hydrogen-bond acceptors (Lipinski definition) is 7. The van der Waals surface area contributed by atoms with Gasteiger partial charge in [0.1, 0.15) is 5.75 Å². The van der Waals surface area contributed by atoms with Crippen LogP contribution in [0.5, 0.6) is 5.75 Å². The molecular formula is C19H27BrN6O5. The highest BCUT2D eigenvalue weighted by Crippen LogP contribution is 2.13. The van der Waals surface area contributed by atoms with Crippen molar-refractivity contribution in [2.45, 2.75) is 26.3 Å². The molecule has 0 aliphatic rings. The molecule has 31 heavy (non-hydrogen) atoms. The summed E-state index contributed by atoms with van der Waals surface area (Å²) in [6.45, 7) is 5.03. The van der Waals surface area contributed by atoms with Crippen molar-refractivity contribution >= 4 is 38.7 Å². The van der Waals surface area contributed by atoms with Crippen molar-refractivity contribution in [3.05, 3.63) is 49.8 Å². The van der Waals surface area contributed by atoms with Crippen molar-refractivity contribution in [1.82, 2.24) is 19.1 Å². The number of fused-ring (bicyclic) bond motifs is 1. The van der Waals surface area contributed by atoms with Crippen LogP contribution in [-0.4, -0.2) is 47.4 Å². The summed E-state index contributed by atoms with van der Waals surface area (Å²) in [5.41, 5.74) is 5.48. The van der Waals surface area contributed by atoms with E-state index >= 15 is 0 Å². The molecule has 1 aromatic carbocycles. The number of nitrogens with two attached hydrogens (primary N) is 1. The van der Waals surface area contributed by atoms with E-state index in [4.69, 9.17) is 15.9 Å². The number of aromatic amines is 1. The topological polar surface area (TPSA) is 168 Å². The van der Waals surface area contributed by atoms with Crippen LogP contribution < -0.4 is 22.3 Å². The van der Waals surface area contributed by atoms with Crippen LogP contribution in [0.2, 0.25) is 0 Å². The number of phenols is 1. The molecule has 0 saturated carbocycles. The number of nitrogens with one attached hydrogen (secondary N) is 2. The van der Waals surface area contributed by atoms with E-state index in [9.17, 15) is 14.4 Å². The first kappa shape index (κ1) is 26.1. The monoisotopic (exact) mass is 498 g/mol. The van der Waals surface area contributed by atoms with Gasteiger partial charge < -0.3 is 26.2 Å². The number of aromatic hydroxyl groups is 1. The second kappa shape index (κ2) is 10.9. The molecule has 2 aromatic heterocycles. The molecule has 0 aliphatic heterocycles. The maximum Gasteiger partial charge on any atom is 0.332 e. The highest BCUT2D eigenvalue weighted by Gasteiger charge is 2.11. The number of amides is 1. The van der Waals surface area contributed by atoms with Gasteiger partial charge in [-0.3, -0.25) is 18.7 Å². The van der Waals surface area contributed by atoms with Crippen molar-refractivity contribution in [2.75, 3.05) is 11.9 Å². The Morgan fingerprint density at radius 1 is 1.23 bits per heavy atom. The number of hydrogen-bond donors (Lipinski definition) is 5. The van der Waals surface area contributed by atoms with Gasteiger partial charge in [0.25, 0.3) is 5.56 Å². The van der Waals surface area contributed by atoms with E-state index in [1.165, 1.54) is 30.7 Å². The third kappa shape index (κ3) is 8.00.